The molecule has 0 saturated heterocycles. The Hall–Kier alpha value is -4.14. The van der Waals surface area contributed by atoms with E-state index >= 15 is 0 Å². The minimum Gasteiger partial charge on any atom is -0.481 e. The van der Waals surface area contributed by atoms with Crippen molar-refractivity contribution in [2.45, 2.75) is 13.0 Å². The molecule has 9 heteroatoms. The quantitative estimate of drug-likeness (QED) is 0.565. The summed E-state index contributed by atoms with van der Waals surface area (Å²) in [6.07, 6.45) is 1.50. The van der Waals surface area contributed by atoms with Crippen molar-refractivity contribution in [3.05, 3.63) is 88.6 Å². The second kappa shape index (κ2) is 9.38. The predicted octanol–water partition coefficient (Wildman–Crippen LogP) is 3.32. The van der Waals surface area contributed by atoms with Gasteiger partial charge in [0.05, 0.1) is 12.8 Å². The van der Waals surface area contributed by atoms with Gasteiger partial charge in [-0.25, -0.2) is 13.8 Å². The zero-order valence-electron chi connectivity index (χ0n) is 18.5. The number of nitrogens with zero attached hydrogens (tertiary/aromatic N) is 2. The van der Waals surface area contributed by atoms with Crippen LogP contribution in [-0.2, 0) is 17.8 Å². The lowest BCUT2D eigenvalue weighted by Gasteiger charge is -2.30. The van der Waals surface area contributed by atoms with Gasteiger partial charge in [-0.1, -0.05) is 12.1 Å². The molecular formula is C25H21F2N3O4. The van der Waals surface area contributed by atoms with Crippen molar-refractivity contribution >= 4 is 23.3 Å². The van der Waals surface area contributed by atoms with Gasteiger partial charge in [-0.2, -0.15) is 0 Å². The van der Waals surface area contributed by atoms with Crippen LogP contribution in [-0.4, -0.2) is 36.7 Å². The fourth-order valence-electron chi connectivity index (χ4n) is 3.82. The fourth-order valence-corrected chi connectivity index (χ4v) is 3.82. The largest absolute Gasteiger partial charge is 0.481 e. The number of halogens is 2. The van der Waals surface area contributed by atoms with Crippen LogP contribution in [0.1, 0.15) is 31.8 Å². The van der Waals surface area contributed by atoms with Crippen molar-refractivity contribution in [1.82, 2.24) is 10.3 Å². The molecule has 34 heavy (non-hydrogen) atoms. The van der Waals surface area contributed by atoms with E-state index in [0.29, 0.717) is 17.1 Å². The Morgan fingerprint density at radius 3 is 2.50 bits per heavy atom. The van der Waals surface area contributed by atoms with Gasteiger partial charge >= 0.3 is 0 Å². The van der Waals surface area contributed by atoms with Crippen molar-refractivity contribution in [3.8, 4) is 5.88 Å². The van der Waals surface area contributed by atoms with Crippen LogP contribution in [0.3, 0.4) is 0 Å². The molecule has 0 saturated carbocycles. The number of ketones is 1. The van der Waals surface area contributed by atoms with Crippen LogP contribution >= 0.6 is 0 Å². The van der Waals surface area contributed by atoms with Crippen LogP contribution in [0.5, 0.6) is 5.88 Å². The number of carbonyl (C=O) groups excluding carboxylic acids is 3. The standard InChI is InChI=1S/C25H21F2N3O4/c1-30-21-7-5-16(24(32)29-13-15-4-8-22(34-2)28-12-15)11-17(21)23(31)18(25(30)33)9-14-3-6-19(26)20(27)10-14/h3-8,10-12,18H,9,13H2,1-2H3,(H,29,32). The number of aromatic nitrogens is 1. The summed E-state index contributed by atoms with van der Waals surface area (Å²) in [5, 5.41) is 2.77. The van der Waals surface area contributed by atoms with Crippen LogP contribution < -0.4 is 15.0 Å². The van der Waals surface area contributed by atoms with Gasteiger partial charge in [0.25, 0.3) is 5.91 Å². The first-order chi connectivity index (χ1) is 16.3. The van der Waals surface area contributed by atoms with Crippen molar-refractivity contribution in [1.29, 1.82) is 0 Å². The number of hydrogen-bond acceptors (Lipinski definition) is 5. The highest BCUT2D eigenvalue weighted by Crippen LogP contribution is 2.32. The summed E-state index contributed by atoms with van der Waals surface area (Å²) in [5.74, 6) is -4.03. The molecule has 1 aliphatic heterocycles. The summed E-state index contributed by atoms with van der Waals surface area (Å²) in [7, 11) is 3.04. The predicted molar refractivity (Wildman–Crippen MR) is 120 cm³/mol. The zero-order valence-corrected chi connectivity index (χ0v) is 18.5. The highest BCUT2D eigenvalue weighted by Gasteiger charge is 2.38. The zero-order chi connectivity index (χ0) is 24.4. The number of rotatable bonds is 6. The minimum atomic E-state index is -1.11. The van der Waals surface area contributed by atoms with E-state index in [4.69, 9.17) is 4.74 Å². The average molecular weight is 465 g/mol. The third-order valence-corrected chi connectivity index (χ3v) is 5.71. The number of methoxy groups -OCH3 is 1. The molecule has 2 aromatic carbocycles. The van der Waals surface area contributed by atoms with E-state index in [9.17, 15) is 23.2 Å². The molecule has 1 aliphatic rings. The van der Waals surface area contributed by atoms with Crippen LogP contribution in [0, 0.1) is 17.6 Å². The molecule has 1 aromatic heterocycles. The van der Waals surface area contributed by atoms with Crippen LogP contribution in [0.2, 0.25) is 0 Å². The smallest absolute Gasteiger partial charge is 0.251 e. The van der Waals surface area contributed by atoms with E-state index in [1.165, 1.54) is 37.3 Å². The summed E-state index contributed by atoms with van der Waals surface area (Å²) >= 11 is 0. The van der Waals surface area contributed by atoms with Gasteiger partial charge in [-0.15, -0.1) is 0 Å². The van der Waals surface area contributed by atoms with Gasteiger partial charge in [0.15, 0.2) is 17.4 Å². The minimum absolute atomic E-state index is 0.0838. The number of Topliss-reactive ketones (excluding diaryl/α,β-unsaturated/α-hetero) is 1. The third-order valence-electron chi connectivity index (χ3n) is 5.71. The second-order valence-corrected chi connectivity index (χ2v) is 7.89. The van der Waals surface area contributed by atoms with E-state index in [0.717, 1.165) is 17.7 Å². The highest BCUT2D eigenvalue weighted by atomic mass is 19.2. The molecule has 0 aliphatic carbocycles. The Bertz CT molecular complexity index is 1280. The number of hydrogen-bond donors (Lipinski definition) is 1. The summed E-state index contributed by atoms with van der Waals surface area (Å²) < 4.78 is 31.9. The van der Waals surface area contributed by atoms with Crippen molar-refractivity contribution in [3.63, 3.8) is 0 Å². The molecule has 1 atom stereocenters. The molecular weight excluding hydrogens is 444 g/mol. The molecule has 0 radical (unpaired) electrons. The Morgan fingerprint density at radius 1 is 1.06 bits per heavy atom. The number of ether oxygens (including phenoxy) is 1. The number of fused-ring (bicyclic) bond motifs is 1. The van der Waals surface area contributed by atoms with Crippen molar-refractivity contribution in [2.24, 2.45) is 5.92 Å². The van der Waals surface area contributed by atoms with E-state index < -0.39 is 35.1 Å². The maximum absolute atomic E-state index is 13.6. The fraction of sp³-hybridized carbons (Fsp3) is 0.200. The molecule has 0 spiro atoms. The molecule has 174 valence electrons. The molecule has 1 unspecified atom stereocenters. The number of benzene rings is 2. The topological polar surface area (TPSA) is 88.6 Å². The van der Waals surface area contributed by atoms with Crippen molar-refractivity contribution < 1.29 is 27.9 Å². The first kappa shape index (κ1) is 23.0. The van der Waals surface area contributed by atoms with Crippen LogP contribution in [0.25, 0.3) is 0 Å². The van der Waals surface area contributed by atoms with Crippen LogP contribution in [0.15, 0.2) is 54.7 Å². The number of carbonyl (C=O) groups is 3. The summed E-state index contributed by atoms with van der Waals surface area (Å²) in [6, 6.07) is 11.2. The van der Waals surface area contributed by atoms with Gasteiger partial charge in [0.2, 0.25) is 11.8 Å². The van der Waals surface area contributed by atoms with E-state index in [2.05, 4.69) is 10.3 Å². The number of amides is 2. The first-order valence-corrected chi connectivity index (χ1v) is 10.5. The molecule has 2 heterocycles. The maximum Gasteiger partial charge on any atom is 0.251 e. The monoisotopic (exact) mass is 465 g/mol. The van der Waals surface area contributed by atoms with Gasteiger partial charge in [-0.3, -0.25) is 14.4 Å². The Balaban J connectivity index is 1.53. The molecule has 0 fully saturated rings. The molecule has 4 rings (SSSR count). The highest BCUT2D eigenvalue weighted by molar-refractivity contribution is 6.22. The summed E-state index contributed by atoms with van der Waals surface area (Å²) in [5.41, 5.74) is 1.94. The molecule has 2 amide bonds. The van der Waals surface area contributed by atoms with Gasteiger partial charge in [0.1, 0.15) is 5.92 Å². The molecule has 7 nitrogen and oxygen atoms in total. The van der Waals surface area contributed by atoms with Gasteiger partial charge < -0.3 is 15.0 Å². The lowest BCUT2D eigenvalue weighted by atomic mass is 9.85. The molecule has 3 aromatic rings. The van der Waals surface area contributed by atoms with Gasteiger partial charge in [-0.05, 0) is 47.9 Å². The lowest BCUT2D eigenvalue weighted by Crippen LogP contribution is -2.43. The Kier molecular flexibility index (Phi) is 6.36. The van der Waals surface area contributed by atoms with E-state index in [-0.39, 0.29) is 24.1 Å². The van der Waals surface area contributed by atoms with Crippen LogP contribution in [0.4, 0.5) is 14.5 Å². The Labute approximate surface area is 194 Å². The lowest BCUT2D eigenvalue weighted by molar-refractivity contribution is -0.121. The van der Waals surface area contributed by atoms with Gasteiger partial charge in [0, 0.05) is 37.0 Å². The normalized spacial score (nSPS) is 15.2. The average Bonchev–Trinajstić information content (AvgIpc) is 2.85. The molecule has 0 bridgehead atoms. The second-order valence-electron chi connectivity index (χ2n) is 7.89. The van der Waals surface area contributed by atoms with E-state index in [1.807, 2.05) is 0 Å². The third kappa shape index (κ3) is 4.50. The molecule has 1 N–H and O–H groups in total. The number of pyridine rings is 1. The summed E-state index contributed by atoms with van der Waals surface area (Å²) in [4.78, 5) is 44.1. The van der Waals surface area contributed by atoms with Crippen molar-refractivity contribution in [2.75, 3.05) is 19.1 Å². The Morgan fingerprint density at radius 2 is 1.82 bits per heavy atom. The number of nitrogens with one attached hydrogen (secondary N) is 1. The number of anilines is 1. The maximum atomic E-state index is 13.6. The summed E-state index contributed by atoms with van der Waals surface area (Å²) in [6.45, 7) is 0.220. The SMILES string of the molecule is COc1ccc(CNC(=O)c2ccc3c(c2)C(=O)C(Cc2ccc(F)c(F)c2)C(=O)N3C)cn1. The van der Waals surface area contributed by atoms with E-state index in [1.54, 1.807) is 24.4 Å². The first-order valence-electron chi connectivity index (χ1n) is 10.5.